The minimum absolute atomic E-state index is 0. The number of H-pyrrole nitrogens is 1. The topological polar surface area (TPSA) is 224 Å². The number of carboxylic acids is 2. The van der Waals surface area contributed by atoms with Gasteiger partial charge in [-0.1, -0.05) is 5.90 Å². The molecular formula is C16H25CuN6O6-3. The Hall–Kier alpha value is -2.47. The van der Waals surface area contributed by atoms with Crippen molar-refractivity contribution in [3.8, 4) is 0 Å². The summed E-state index contributed by atoms with van der Waals surface area (Å²) >= 11 is 0. The van der Waals surface area contributed by atoms with Gasteiger partial charge in [-0.3, -0.25) is 14.8 Å². The molecule has 0 bridgehead atoms. The average Bonchev–Trinajstić information content (AvgIpc) is 3.12. The van der Waals surface area contributed by atoms with Gasteiger partial charge in [-0.25, -0.2) is 9.78 Å². The maximum atomic E-state index is 12.3. The number of carboxylic acid groups (broad SMARTS) is 2. The third kappa shape index (κ3) is 14.2. The predicted octanol–water partition coefficient (Wildman–Crippen LogP) is -1.44. The number of rotatable bonds is 11. The number of aromatic nitrogens is 2. The summed E-state index contributed by atoms with van der Waals surface area (Å²) < 4.78 is 0. The van der Waals surface area contributed by atoms with Crippen LogP contribution in [0.2, 0.25) is 0 Å². The van der Waals surface area contributed by atoms with E-state index in [1.807, 2.05) is 0 Å². The number of hydrogen-bond acceptors (Lipinski definition) is 8. The Morgan fingerprint density at radius 1 is 1.28 bits per heavy atom. The summed E-state index contributed by atoms with van der Waals surface area (Å²) in [6.45, 7) is 0.918. The standard InChI is InChI=1S/C14H23N6O4.C2H4O2.Cu/c15-4-2-1-3-10(14(23)24)20-13(22)11(19-12(21)6-16)5-9-7-17-8-18-9;1-2(3)4;/h7-8,10-11,16H,1-6,15H2,(H,17,18)(H,19,21)(H,20,22)(H,23,24);1H3,(H,3,4);/q-1;;/p-2/t10-,11-;;/m0../s1. The Bertz CT molecular complexity index is 648. The van der Waals surface area contributed by atoms with Crippen LogP contribution in [0.15, 0.2) is 22.5 Å². The van der Waals surface area contributed by atoms with Crippen molar-refractivity contribution in [3.63, 3.8) is 0 Å². The van der Waals surface area contributed by atoms with Crippen molar-refractivity contribution in [2.75, 3.05) is 13.1 Å². The zero-order chi connectivity index (χ0) is 21.5. The van der Waals surface area contributed by atoms with Gasteiger partial charge < -0.3 is 36.9 Å². The van der Waals surface area contributed by atoms with Crippen molar-refractivity contribution in [1.82, 2.24) is 9.97 Å². The van der Waals surface area contributed by atoms with Gasteiger partial charge in [-0.15, -0.1) is 6.54 Å². The van der Waals surface area contributed by atoms with Crippen LogP contribution in [0, 0.1) is 0 Å². The number of unbranched alkanes of at least 4 members (excludes halogenated alkanes) is 1. The number of aliphatic carboxylic acids is 2. The van der Waals surface area contributed by atoms with Crippen molar-refractivity contribution in [3.05, 3.63) is 24.0 Å². The fourth-order valence-electron chi connectivity index (χ4n) is 1.98. The summed E-state index contributed by atoms with van der Waals surface area (Å²) in [5, 5.41) is 40.2. The second kappa shape index (κ2) is 16.5. The number of aliphatic imine (C=N–C) groups is 2. The van der Waals surface area contributed by atoms with E-state index < -0.39 is 42.4 Å². The third-order valence-corrected chi connectivity index (χ3v) is 3.20. The number of nitrogens with two attached hydrogens (primary N) is 1. The van der Waals surface area contributed by atoms with E-state index in [0.29, 0.717) is 25.1 Å². The van der Waals surface area contributed by atoms with Gasteiger partial charge in [-0.2, -0.15) is 0 Å². The van der Waals surface area contributed by atoms with Crippen LogP contribution in [0.4, 0.5) is 0 Å². The Morgan fingerprint density at radius 2 is 1.90 bits per heavy atom. The quantitative estimate of drug-likeness (QED) is 0.132. The first-order valence-electron chi connectivity index (χ1n) is 8.43. The molecule has 0 aliphatic heterocycles. The van der Waals surface area contributed by atoms with Crippen LogP contribution in [0.1, 0.15) is 31.9 Å². The molecule has 0 saturated heterocycles. The molecule has 0 aliphatic rings. The minimum Gasteiger partial charge on any atom is -0.863 e. The van der Waals surface area contributed by atoms with Gasteiger partial charge in [0.25, 0.3) is 5.97 Å². The molecule has 0 fully saturated rings. The van der Waals surface area contributed by atoms with Gasteiger partial charge >= 0.3 is 5.97 Å². The smallest absolute Gasteiger partial charge is 0.328 e. The first kappa shape index (κ1) is 28.7. The molecule has 1 aromatic rings. The maximum absolute atomic E-state index is 12.3. The first-order valence-corrected chi connectivity index (χ1v) is 8.43. The van der Waals surface area contributed by atoms with Crippen LogP contribution >= 0.6 is 0 Å². The van der Waals surface area contributed by atoms with E-state index >= 15 is 0 Å². The Labute approximate surface area is 178 Å². The van der Waals surface area contributed by atoms with E-state index in [2.05, 4.69) is 20.0 Å². The largest absolute Gasteiger partial charge is 0.863 e. The van der Waals surface area contributed by atoms with Crippen LogP contribution in [0.5, 0.6) is 0 Å². The van der Waals surface area contributed by atoms with Gasteiger partial charge in [0.15, 0.2) is 0 Å². The van der Waals surface area contributed by atoms with Crippen LogP contribution in [0.25, 0.3) is 5.73 Å². The maximum Gasteiger partial charge on any atom is 0.328 e. The molecule has 6 N–H and O–H groups in total. The van der Waals surface area contributed by atoms with Gasteiger partial charge in [0.1, 0.15) is 6.04 Å². The molecule has 2 atom stereocenters. The Morgan fingerprint density at radius 3 is 2.34 bits per heavy atom. The minimum atomic E-state index is -1.22. The van der Waals surface area contributed by atoms with Crippen molar-refractivity contribution in [2.45, 2.75) is 44.7 Å². The van der Waals surface area contributed by atoms with E-state index in [0.717, 1.165) is 6.92 Å². The molecule has 12 nitrogen and oxygen atoms in total. The summed E-state index contributed by atoms with van der Waals surface area (Å²) in [7, 11) is 0. The van der Waals surface area contributed by atoms with E-state index in [1.54, 1.807) is 0 Å². The SMILES string of the molecule is CC(=O)O.[Cu].[NH-]CC([O-])=N[C@@H](Cc1cnc[nH]1)C([O-])=N[C@@H](CCCCN)C(=O)O. The molecule has 1 rings (SSSR count). The zero-order valence-corrected chi connectivity index (χ0v) is 16.7. The summed E-state index contributed by atoms with van der Waals surface area (Å²) in [5.74, 6) is -3.61. The second-order valence-corrected chi connectivity index (χ2v) is 5.62. The van der Waals surface area contributed by atoms with Crippen LogP contribution < -0.4 is 15.9 Å². The fraction of sp³-hybridized carbons (Fsp3) is 0.562. The van der Waals surface area contributed by atoms with E-state index in [-0.39, 0.29) is 29.9 Å². The fourth-order valence-corrected chi connectivity index (χ4v) is 1.98. The molecule has 0 amide bonds. The Balaban J connectivity index is 0. The molecule has 0 unspecified atom stereocenters. The van der Waals surface area contributed by atoms with Crippen LogP contribution in [-0.4, -0.2) is 69.1 Å². The number of nitrogens with zero attached hydrogens (tertiary/aromatic N) is 3. The monoisotopic (exact) mass is 460 g/mol. The molecule has 1 aromatic heterocycles. The van der Waals surface area contributed by atoms with Crippen LogP contribution in [0.3, 0.4) is 0 Å². The zero-order valence-electron chi connectivity index (χ0n) is 15.8. The van der Waals surface area contributed by atoms with Crippen molar-refractivity contribution in [1.29, 1.82) is 0 Å². The van der Waals surface area contributed by atoms with Gasteiger partial charge in [0.2, 0.25) is 0 Å². The predicted molar refractivity (Wildman–Crippen MR) is 97.8 cm³/mol. The van der Waals surface area contributed by atoms with Crippen LogP contribution in [-0.2, 0) is 33.1 Å². The second-order valence-electron chi connectivity index (χ2n) is 5.62. The summed E-state index contributed by atoms with van der Waals surface area (Å²) in [4.78, 5) is 34.2. The van der Waals surface area contributed by atoms with Gasteiger partial charge in [-0.05, 0) is 31.7 Å². The summed E-state index contributed by atoms with van der Waals surface area (Å²) in [6, 6.07) is -2.37. The van der Waals surface area contributed by atoms with E-state index in [9.17, 15) is 15.0 Å². The molecule has 29 heavy (non-hydrogen) atoms. The molecule has 1 heterocycles. The number of hydrogen-bond donors (Lipinski definition) is 4. The van der Waals surface area contributed by atoms with Crippen molar-refractivity contribution < 1.29 is 47.1 Å². The van der Waals surface area contributed by atoms with Gasteiger partial charge in [0.05, 0.1) is 12.4 Å². The summed E-state index contributed by atoms with van der Waals surface area (Å²) in [5.41, 5.74) is 12.9. The summed E-state index contributed by atoms with van der Waals surface area (Å²) in [6.07, 6.45) is 4.25. The van der Waals surface area contributed by atoms with E-state index in [4.69, 9.17) is 26.5 Å². The molecule has 13 heteroatoms. The van der Waals surface area contributed by atoms with Crippen molar-refractivity contribution in [2.24, 2.45) is 15.7 Å². The average molecular weight is 461 g/mol. The Kier molecular flexibility index (Phi) is 16.3. The van der Waals surface area contributed by atoms with E-state index in [1.165, 1.54) is 12.5 Å². The molecule has 0 aromatic carbocycles. The molecular weight excluding hydrogens is 436 g/mol. The number of carbonyl (C=O) groups is 2. The molecule has 0 aliphatic carbocycles. The first-order chi connectivity index (χ1) is 13.2. The molecule has 0 spiro atoms. The number of nitrogens with one attached hydrogen (secondary N) is 2. The molecule has 169 valence electrons. The van der Waals surface area contributed by atoms with Gasteiger partial charge in [0, 0.05) is 42.3 Å². The molecule has 0 saturated carbocycles. The number of aromatic amines is 1. The number of imidazole rings is 1. The third-order valence-electron chi connectivity index (χ3n) is 3.20. The van der Waals surface area contributed by atoms with Crippen molar-refractivity contribution >= 4 is 23.7 Å². The normalized spacial score (nSPS) is 13.5. The molecule has 1 radical (unpaired) electrons.